The van der Waals surface area contributed by atoms with Gasteiger partial charge in [0, 0.05) is 6.61 Å². The molecule has 2 fully saturated rings. The lowest BCUT2D eigenvalue weighted by Gasteiger charge is -2.04. The Kier molecular flexibility index (Phi) is 2.69. The fraction of sp³-hybridized carbons (Fsp3) is 1.00. The van der Waals surface area contributed by atoms with Crippen LogP contribution < -0.4 is 0 Å². The third-order valence-corrected chi connectivity index (χ3v) is 2.10. The summed E-state index contributed by atoms with van der Waals surface area (Å²) in [6.07, 6.45) is 3.11. The molecule has 0 aliphatic carbocycles. The number of hydrogen-bond donors (Lipinski definition) is 0. The first kappa shape index (κ1) is 8.02. The van der Waals surface area contributed by atoms with Gasteiger partial charge in [-0.05, 0) is 19.9 Å². The number of rotatable bonds is 0. The zero-order valence-corrected chi connectivity index (χ0v) is 7.13. The molecule has 2 nitrogen and oxygen atoms in total. The Balaban J connectivity index is 0.000000231. The van der Waals surface area contributed by atoms with Crippen LogP contribution in [0.3, 0.4) is 0 Å². The van der Waals surface area contributed by atoms with Crippen molar-refractivity contribution in [2.24, 2.45) is 0 Å². The summed E-state index contributed by atoms with van der Waals surface area (Å²) in [7, 11) is 2.13. The first-order valence-electron chi connectivity index (χ1n) is 4.23. The van der Waals surface area contributed by atoms with Gasteiger partial charge in [0.1, 0.15) is 6.23 Å². The monoisotopic (exact) mass is 143 g/mol. The highest BCUT2D eigenvalue weighted by molar-refractivity contribution is 4.94. The van der Waals surface area contributed by atoms with E-state index in [1.54, 1.807) is 0 Å². The average Bonchev–Trinajstić information content (AvgIpc) is 2.68. The fourth-order valence-corrected chi connectivity index (χ4v) is 1.44. The molecule has 2 heteroatoms. The van der Waals surface area contributed by atoms with E-state index in [9.17, 15) is 0 Å². The van der Waals surface area contributed by atoms with E-state index in [-0.39, 0.29) is 0 Å². The summed E-state index contributed by atoms with van der Waals surface area (Å²) in [6.45, 7) is 4.98. The van der Waals surface area contributed by atoms with E-state index in [1.807, 2.05) is 13.8 Å². The molecule has 2 aliphatic heterocycles. The van der Waals surface area contributed by atoms with Crippen LogP contribution in [0, 0.1) is 0 Å². The molecule has 2 aliphatic rings. The summed E-state index contributed by atoms with van der Waals surface area (Å²) in [5.74, 6) is 0. The predicted octanol–water partition coefficient (Wildman–Crippen LogP) is 1.46. The second-order valence-corrected chi connectivity index (χ2v) is 2.64. The second-order valence-electron chi connectivity index (χ2n) is 2.64. The average molecular weight is 143 g/mol. The number of ether oxygens (including phenoxy) is 1. The van der Waals surface area contributed by atoms with Crippen molar-refractivity contribution in [3.8, 4) is 0 Å². The van der Waals surface area contributed by atoms with Crippen molar-refractivity contribution in [2.45, 2.75) is 39.0 Å². The van der Waals surface area contributed by atoms with E-state index in [0.29, 0.717) is 6.23 Å². The molecule has 2 rings (SSSR count). The zero-order valence-electron chi connectivity index (χ0n) is 7.13. The molecular weight excluding hydrogens is 126 g/mol. The van der Waals surface area contributed by atoms with Crippen molar-refractivity contribution in [3.05, 3.63) is 0 Å². The minimum absolute atomic E-state index is 0.503. The smallest absolute Gasteiger partial charge is 0.126 e. The van der Waals surface area contributed by atoms with Gasteiger partial charge in [-0.15, -0.1) is 0 Å². The summed E-state index contributed by atoms with van der Waals surface area (Å²) >= 11 is 0. The molecule has 2 heterocycles. The molecular formula is C8H17NO. The van der Waals surface area contributed by atoms with Gasteiger partial charge < -0.3 is 4.74 Å². The molecule has 0 aromatic heterocycles. The SMILES string of the molecule is CC.CN1C2CCCOC21. The highest BCUT2D eigenvalue weighted by atomic mass is 16.5. The van der Waals surface area contributed by atoms with Crippen LogP contribution in [0.2, 0.25) is 0 Å². The van der Waals surface area contributed by atoms with Crippen molar-refractivity contribution in [1.29, 1.82) is 0 Å². The summed E-state index contributed by atoms with van der Waals surface area (Å²) in [5.41, 5.74) is 0. The van der Waals surface area contributed by atoms with Gasteiger partial charge in [-0.25, -0.2) is 0 Å². The Hall–Kier alpha value is -0.0800. The molecule has 60 valence electrons. The van der Waals surface area contributed by atoms with Gasteiger partial charge in [0.2, 0.25) is 0 Å². The molecule has 0 bridgehead atoms. The van der Waals surface area contributed by atoms with Crippen molar-refractivity contribution < 1.29 is 4.74 Å². The van der Waals surface area contributed by atoms with Crippen LogP contribution in [0.25, 0.3) is 0 Å². The molecule has 0 spiro atoms. The van der Waals surface area contributed by atoms with E-state index in [1.165, 1.54) is 12.8 Å². The maximum absolute atomic E-state index is 5.39. The van der Waals surface area contributed by atoms with Crippen LogP contribution in [-0.2, 0) is 4.74 Å². The Morgan fingerprint density at radius 1 is 1.40 bits per heavy atom. The quantitative estimate of drug-likeness (QED) is 0.476. The Morgan fingerprint density at radius 2 is 2.10 bits per heavy atom. The molecule has 0 N–H and O–H groups in total. The van der Waals surface area contributed by atoms with Gasteiger partial charge in [-0.2, -0.15) is 0 Å². The lowest BCUT2D eigenvalue weighted by molar-refractivity contribution is 0.0724. The van der Waals surface area contributed by atoms with Crippen molar-refractivity contribution in [2.75, 3.05) is 13.7 Å². The summed E-state index contributed by atoms with van der Waals surface area (Å²) in [4.78, 5) is 2.28. The molecule has 3 unspecified atom stereocenters. The maximum atomic E-state index is 5.39. The van der Waals surface area contributed by atoms with Crippen LogP contribution >= 0.6 is 0 Å². The predicted molar refractivity (Wildman–Crippen MR) is 41.9 cm³/mol. The summed E-state index contributed by atoms with van der Waals surface area (Å²) in [6, 6.07) is 0.781. The van der Waals surface area contributed by atoms with Crippen LogP contribution in [0.4, 0.5) is 0 Å². The van der Waals surface area contributed by atoms with Gasteiger partial charge in [0.05, 0.1) is 6.04 Å². The molecule has 0 radical (unpaired) electrons. The Morgan fingerprint density at radius 3 is 2.50 bits per heavy atom. The van der Waals surface area contributed by atoms with E-state index in [2.05, 4.69) is 11.9 Å². The highest BCUT2D eigenvalue weighted by Crippen LogP contribution is 2.33. The first-order valence-corrected chi connectivity index (χ1v) is 4.23. The number of hydrogen-bond acceptors (Lipinski definition) is 2. The molecule has 0 amide bonds. The molecule has 10 heavy (non-hydrogen) atoms. The molecule has 3 atom stereocenters. The van der Waals surface area contributed by atoms with E-state index in [0.717, 1.165) is 12.6 Å². The molecule has 0 aromatic carbocycles. The summed E-state index contributed by atoms with van der Waals surface area (Å²) < 4.78 is 5.39. The van der Waals surface area contributed by atoms with Gasteiger partial charge >= 0.3 is 0 Å². The lowest BCUT2D eigenvalue weighted by atomic mass is 10.2. The Bertz CT molecular complexity index is 93.4. The third-order valence-electron chi connectivity index (χ3n) is 2.10. The third kappa shape index (κ3) is 1.32. The zero-order chi connectivity index (χ0) is 7.56. The second kappa shape index (κ2) is 3.35. The number of nitrogens with zero attached hydrogens (tertiary/aromatic N) is 1. The maximum Gasteiger partial charge on any atom is 0.126 e. The van der Waals surface area contributed by atoms with Crippen LogP contribution in [0.15, 0.2) is 0 Å². The topological polar surface area (TPSA) is 12.2 Å². The first-order chi connectivity index (χ1) is 4.89. The normalized spacial score (nSPS) is 42.9. The van der Waals surface area contributed by atoms with Gasteiger partial charge in [0.15, 0.2) is 0 Å². The van der Waals surface area contributed by atoms with Gasteiger partial charge in [-0.1, -0.05) is 13.8 Å². The minimum Gasteiger partial charge on any atom is -0.361 e. The largest absolute Gasteiger partial charge is 0.361 e. The van der Waals surface area contributed by atoms with Crippen LogP contribution in [-0.4, -0.2) is 30.8 Å². The summed E-state index contributed by atoms with van der Waals surface area (Å²) in [5, 5.41) is 0. The van der Waals surface area contributed by atoms with Gasteiger partial charge in [0.25, 0.3) is 0 Å². The Labute approximate surface area is 63.2 Å². The van der Waals surface area contributed by atoms with Gasteiger partial charge in [-0.3, -0.25) is 4.90 Å². The van der Waals surface area contributed by atoms with E-state index >= 15 is 0 Å². The van der Waals surface area contributed by atoms with Crippen molar-refractivity contribution in [3.63, 3.8) is 0 Å². The standard InChI is InChI=1S/C6H11NO.C2H6/c1-7-5-3-2-4-8-6(5)7;1-2/h5-6H,2-4H2,1H3;1-2H3. The highest BCUT2D eigenvalue weighted by Gasteiger charge is 2.46. The number of fused-ring (bicyclic) bond motifs is 1. The number of likely N-dealkylation sites (N-methyl/N-ethyl adjacent to an activating group) is 1. The lowest BCUT2D eigenvalue weighted by Crippen LogP contribution is -2.08. The van der Waals surface area contributed by atoms with E-state index in [4.69, 9.17) is 4.74 Å². The molecule has 0 saturated carbocycles. The molecule has 0 aromatic rings. The van der Waals surface area contributed by atoms with Crippen LogP contribution in [0.1, 0.15) is 26.7 Å². The van der Waals surface area contributed by atoms with E-state index < -0.39 is 0 Å². The van der Waals surface area contributed by atoms with Crippen molar-refractivity contribution >= 4 is 0 Å². The molecule has 2 saturated heterocycles. The van der Waals surface area contributed by atoms with Crippen LogP contribution in [0.5, 0.6) is 0 Å². The minimum atomic E-state index is 0.503. The fourth-order valence-electron chi connectivity index (χ4n) is 1.44. The van der Waals surface area contributed by atoms with Crippen molar-refractivity contribution in [1.82, 2.24) is 4.90 Å².